The molecule has 0 aliphatic heterocycles. The molecule has 0 radical (unpaired) electrons. The average Bonchev–Trinajstić information content (AvgIpc) is 3.14. The molecule has 2 aromatic carbocycles. The van der Waals surface area contributed by atoms with Crippen molar-refractivity contribution in [2.45, 2.75) is 6.61 Å². The topological polar surface area (TPSA) is 81.4 Å². The van der Waals surface area contributed by atoms with E-state index in [1.165, 1.54) is 18.2 Å². The molecule has 3 N–H and O–H groups in total. The summed E-state index contributed by atoms with van der Waals surface area (Å²) in [6.07, 6.45) is 0. The van der Waals surface area contributed by atoms with Crippen LogP contribution in [0.2, 0.25) is 10.0 Å². The summed E-state index contributed by atoms with van der Waals surface area (Å²) in [5.74, 6) is -0.694. The van der Waals surface area contributed by atoms with Crippen LogP contribution < -0.4 is 15.8 Å². The van der Waals surface area contributed by atoms with E-state index in [-0.39, 0.29) is 21.8 Å². The number of primary amides is 1. The minimum atomic E-state index is -0.686. The van der Waals surface area contributed by atoms with Gasteiger partial charge in [0.25, 0.3) is 11.8 Å². The molecular weight excluding hydrogens is 407 g/mol. The Bertz CT molecular complexity index is 991. The van der Waals surface area contributed by atoms with Crippen LogP contribution in [-0.2, 0) is 6.61 Å². The number of benzene rings is 2. The maximum absolute atomic E-state index is 12.5. The summed E-state index contributed by atoms with van der Waals surface area (Å²) in [5, 5.41) is 5.22. The van der Waals surface area contributed by atoms with Crippen molar-refractivity contribution in [2.75, 3.05) is 5.32 Å². The van der Waals surface area contributed by atoms with Gasteiger partial charge in [0, 0.05) is 9.90 Å². The van der Waals surface area contributed by atoms with Gasteiger partial charge in [-0.15, -0.1) is 11.3 Å². The van der Waals surface area contributed by atoms with Crippen LogP contribution in [0.3, 0.4) is 0 Å². The number of hydrogen-bond acceptors (Lipinski definition) is 4. The second kappa shape index (κ2) is 8.43. The summed E-state index contributed by atoms with van der Waals surface area (Å²) in [5.41, 5.74) is 6.08. The van der Waals surface area contributed by atoms with Gasteiger partial charge in [-0.1, -0.05) is 29.3 Å². The Balaban J connectivity index is 1.80. The van der Waals surface area contributed by atoms with E-state index in [1.807, 2.05) is 17.5 Å². The van der Waals surface area contributed by atoms with Crippen LogP contribution in [0.5, 0.6) is 5.75 Å². The highest BCUT2D eigenvalue weighted by Gasteiger charge is 2.16. The number of carbonyl (C=O) groups excluding carboxylic acids is 2. The SMILES string of the molecule is NC(=O)c1cc(OCc2cccs2)ccc1NC(=O)c1ccc(Cl)cc1Cl. The number of rotatable bonds is 6. The molecule has 138 valence electrons. The van der Waals surface area contributed by atoms with E-state index in [2.05, 4.69) is 5.32 Å². The Kier molecular flexibility index (Phi) is 6.01. The molecule has 27 heavy (non-hydrogen) atoms. The largest absolute Gasteiger partial charge is 0.488 e. The second-order valence-corrected chi connectivity index (χ2v) is 7.39. The first-order chi connectivity index (χ1) is 12.9. The second-order valence-electron chi connectivity index (χ2n) is 5.52. The molecule has 0 atom stereocenters. The molecule has 0 aliphatic rings. The fourth-order valence-electron chi connectivity index (χ4n) is 2.34. The van der Waals surface area contributed by atoms with Crippen molar-refractivity contribution in [1.29, 1.82) is 0 Å². The number of carbonyl (C=O) groups is 2. The lowest BCUT2D eigenvalue weighted by atomic mass is 10.1. The van der Waals surface area contributed by atoms with Crippen molar-refractivity contribution in [3.8, 4) is 5.75 Å². The molecule has 0 saturated heterocycles. The zero-order valence-corrected chi connectivity index (χ0v) is 16.2. The third-order valence-electron chi connectivity index (χ3n) is 3.64. The Morgan fingerprint density at radius 2 is 1.89 bits per heavy atom. The molecule has 0 bridgehead atoms. The van der Waals surface area contributed by atoms with Crippen LogP contribution in [-0.4, -0.2) is 11.8 Å². The van der Waals surface area contributed by atoms with Crippen molar-refractivity contribution < 1.29 is 14.3 Å². The maximum Gasteiger partial charge on any atom is 0.257 e. The van der Waals surface area contributed by atoms with Gasteiger partial charge >= 0.3 is 0 Å². The minimum Gasteiger partial charge on any atom is -0.488 e. The number of ether oxygens (including phenoxy) is 1. The lowest BCUT2D eigenvalue weighted by Gasteiger charge is -2.12. The van der Waals surface area contributed by atoms with Crippen molar-refractivity contribution in [2.24, 2.45) is 5.73 Å². The summed E-state index contributed by atoms with van der Waals surface area (Å²) in [6.45, 7) is 0.377. The zero-order valence-electron chi connectivity index (χ0n) is 13.9. The number of nitrogens with two attached hydrogens (primary N) is 1. The average molecular weight is 421 g/mol. The first-order valence-electron chi connectivity index (χ1n) is 7.79. The minimum absolute atomic E-state index is 0.136. The molecule has 3 aromatic rings. The van der Waals surface area contributed by atoms with Crippen LogP contribution in [0.1, 0.15) is 25.6 Å². The third kappa shape index (κ3) is 4.80. The smallest absolute Gasteiger partial charge is 0.257 e. The predicted molar refractivity (Wildman–Crippen MR) is 108 cm³/mol. The van der Waals surface area contributed by atoms with Gasteiger partial charge in [0.1, 0.15) is 12.4 Å². The lowest BCUT2D eigenvalue weighted by Crippen LogP contribution is -2.18. The first-order valence-corrected chi connectivity index (χ1v) is 9.43. The maximum atomic E-state index is 12.5. The Morgan fingerprint density at radius 3 is 2.56 bits per heavy atom. The van der Waals surface area contributed by atoms with Gasteiger partial charge in [-0.05, 0) is 47.8 Å². The number of thiophene rings is 1. The zero-order chi connectivity index (χ0) is 19.4. The Hall–Kier alpha value is -2.54. The predicted octanol–water partition coefficient (Wildman–Crippen LogP) is 4.99. The monoisotopic (exact) mass is 420 g/mol. The van der Waals surface area contributed by atoms with Gasteiger partial charge < -0.3 is 15.8 Å². The quantitative estimate of drug-likeness (QED) is 0.589. The van der Waals surface area contributed by atoms with Crippen LogP contribution >= 0.6 is 34.5 Å². The van der Waals surface area contributed by atoms with Crippen molar-refractivity contribution in [1.82, 2.24) is 0 Å². The molecule has 0 fully saturated rings. The summed E-state index contributed by atoms with van der Waals surface area (Å²) < 4.78 is 5.67. The van der Waals surface area contributed by atoms with Gasteiger partial charge in [-0.25, -0.2) is 0 Å². The highest BCUT2D eigenvalue weighted by Crippen LogP contribution is 2.26. The molecule has 0 unspecified atom stereocenters. The highest BCUT2D eigenvalue weighted by molar-refractivity contribution is 7.09. The van der Waals surface area contributed by atoms with Crippen LogP contribution in [0.15, 0.2) is 53.9 Å². The number of amides is 2. The van der Waals surface area contributed by atoms with Crippen molar-refractivity contribution in [3.05, 3.63) is 80.0 Å². The van der Waals surface area contributed by atoms with Gasteiger partial charge in [0.05, 0.1) is 21.8 Å². The van der Waals surface area contributed by atoms with E-state index in [0.717, 1.165) is 4.88 Å². The van der Waals surface area contributed by atoms with E-state index in [4.69, 9.17) is 33.7 Å². The molecular formula is C19H14Cl2N2O3S. The normalized spacial score (nSPS) is 10.4. The molecule has 0 saturated carbocycles. The van der Waals surface area contributed by atoms with E-state index >= 15 is 0 Å². The number of anilines is 1. The number of hydrogen-bond donors (Lipinski definition) is 2. The van der Waals surface area contributed by atoms with E-state index < -0.39 is 11.8 Å². The molecule has 8 heteroatoms. The number of halogens is 2. The summed E-state index contributed by atoms with van der Waals surface area (Å²) in [7, 11) is 0. The molecule has 0 spiro atoms. The third-order valence-corrected chi connectivity index (χ3v) is 5.04. The fourth-order valence-corrected chi connectivity index (χ4v) is 3.45. The molecule has 1 aromatic heterocycles. The van der Waals surface area contributed by atoms with Crippen molar-refractivity contribution in [3.63, 3.8) is 0 Å². The Morgan fingerprint density at radius 1 is 1.07 bits per heavy atom. The Labute approximate surface area is 169 Å². The molecule has 2 amide bonds. The van der Waals surface area contributed by atoms with Crippen LogP contribution in [0.4, 0.5) is 5.69 Å². The lowest BCUT2D eigenvalue weighted by molar-refractivity contribution is 0.100. The molecule has 0 aliphatic carbocycles. The van der Waals surface area contributed by atoms with E-state index in [1.54, 1.807) is 29.5 Å². The summed E-state index contributed by atoms with van der Waals surface area (Å²) >= 11 is 13.5. The standard InChI is InChI=1S/C19H14Cl2N2O3S/c20-11-3-5-14(16(21)8-11)19(25)23-17-6-4-12(9-15(17)18(22)24)26-10-13-2-1-7-27-13/h1-9H,10H2,(H2,22,24)(H,23,25). The molecule has 5 nitrogen and oxygen atoms in total. The van der Waals surface area contributed by atoms with E-state index in [9.17, 15) is 9.59 Å². The number of nitrogens with one attached hydrogen (secondary N) is 1. The van der Waals surface area contributed by atoms with Gasteiger partial charge in [0.2, 0.25) is 0 Å². The molecule has 1 heterocycles. The van der Waals surface area contributed by atoms with Crippen LogP contribution in [0.25, 0.3) is 0 Å². The molecule has 3 rings (SSSR count). The summed E-state index contributed by atoms with van der Waals surface area (Å²) in [4.78, 5) is 25.3. The van der Waals surface area contributed by atoms with Crippen LogP contribution in [0, 0.1) is 0 Å². The van der Waals surface area contributed by atoms with Crippen molar-refractivity contribution >= 4 is 52.0 Å². The van der Waals surface area contributed by atoms with E-state index in [0.29, 0.717) is 17.4 Å². The first kappa shape index (κ1) is 19.2. The highest BCUT2D eigenvalue weighted by atomic mass is 35.5. The van der Waals surface area contributed by atoms with Gasteiger partial charge in [0.15, 0.2) is 0 Å². The van der Waals surface area contributed by atoms with Gasteiger partial charge in [-0.3, -0.25) is 9.59 Å². The van der Waals surface area contributed by atoms with Gasteiger partial charge in [-0.2, -0.15) is 0 Å². The summed E-state index contributed by atoms with van der Waals surface area (Å²) in [6, 6.07) is 13.1. The fraction of sp³-hybridized carbons (Fsp3) is 0.0526.